The van der Waals surface area contributed by atoms with Crippen molar-refractivity contribution >= 4 is 11.6 Å². The van der Waals surface area contributed by atoms with E-state index in [4.69, 9.17) is 14.2 Å². The number of para-hydroxylation sites is 1. The summed E-state index contributed by atoms with van der Waals surface area (Å²) in [4.78, 5) is 15.1. The number of anilines is 1. The highest BCUT2D eigenvalue weighted by Gasteiger charge is 2.42. The second kappa shape index (κ2) is 8.43. The van der Waals surface area contributed by atoms with Crippen LogP contribution in [-0.4, -0.2) is 50.4 Å². The van der Waals surface area contributed by atoms with Crippen molar-refractivity contribution in [3.05, 3.63) is 59.7 Å². The minimum absolute atomic E-state index is 0.00965. The van der Waals surface area contributed by atoms with Crippen molar-refractivity contribution in [3.63, 3.8) is 0 Å². The molecule has 4 rings (SSSR count). The summed E-state index contributed by atoms with van der Waals surface area (Å²) < 4.78 is 16.9. The Bertz CT molecular complexity index is 865. The predicted molar refractivity (Wildman–Crippen MR) is 111 cm³/mol. The lowest BCUT2D eigenvalue weighted by Crippen LogP contribution is -2.56. The van der Waals surface area contributed by atoms with Crippen LogP contribution in [-0.2, 0) is 15.1 Å². The first-order valence-corrected chi connectivity index (χ1v) is 10.1. The van der Waals surface area contributed by atoms with Crippen LogP contribution in [0, 0.1) is 0 Å². The largest absolute Gasteiger partial charge is 0.491 e. The SMILES string of the molecule is COCCN1C(=O)c2ccccc2NC1(C)c1cccc(OCC2CCCO2)c1. The normalized spacial score (nSPS) is 23.6. The van der Waals surface area contributed by atoms with E-state index in [1.165, 1.54) is 0 Å². The van der Waals surface area contributed by atoms with Crippen LogP contribution in [0.2, 0.25) is 0 Å². The number of nitrogens with zero attached hydrogens (tertiary/aromatic N) is 1. The standard InChI is InChI=1S/C23H28N2O4/c1-23(17-7-5-8-18(15-17)29-16-19-9-6-13-28-19)24-21-11-4-3-10-20(21)22(26)25(23)12-14-27-2/h3-5,7-8,10-11,15,19,24H,6,9,12-14,16H2,1-2H3. The first kappa shape index (κ1) is 19.7. The van der Waals surface area contributed by atoms with Gasteiger partial charge < -0.3 is 24.4 Å². The zero-order chi connectivity index (χ0) is 20.3. The molecule has 2 aromatic carbocycles. The molecule has 0 saturated carbocycles. The van der Waals surface area contributed by atoms with E-state index in [0.717, 1.165) is 36.4 Å². The zero-order valence-corrected chi connectivity index (χ0v) is 17.0. The predicted octanol–water partition coefficient (Wildman–Crippen LogP) is 3.63. The summed E-state index contributed by atoms with van der Waals surface area (Å²) in [6.07, 6.45) is 2.29. The lowest BCUT2D eigenvalue weighted by Gasteiger charge is -2.46. The monoisotopic (exact) mass is 396 g/mol. The molecule has 1 fully saturated rings. The number of carbonyl (C=O) groups excluding carboxylic acids is 1. The van der Waals surface area contributed by atoms with Gasteiger partial charge in [-0.05, 0) is 44.0 Å². The fraction of sp³-hybridized carbons (Fsp3) is 0.435. The molecule has 6 nitrogen and oxygen atoms in total. The molecule has 0 aromatic heterocycles. The Morgan fingerprint density at radius 1 is 1.24 bits per heavy atom. The summed E-state index contributed by atoms with van der Waals surface area (Å²) in [6.45, 7) is 4.32. The molecule has 2 aromatic rings. The van der Waals surface area contributed by atoms with Crippen molar-refractivity contribution < 1.29 is 19.0 Å². The molecule has 154 valence electrons. The third-order valence-corrected chi connectivity index (χ3v) is 5.70. The van der Waals surface area contributed by atoms with Crippen LogP contribution >= 0.6 is 0 Å². The van der Waals surface area contributed by atoms with Gasteiger partial charge in [-0.25, -0.2) is 0 Å². The highest BCUT2D eigenvalue weighted by molar-refractivity contribution is 6.02. The quantitative estimate of drug-likeness (QED) is 0.774. The van der Waals surface area contributed by atoms with Crippen molar-refractivity contribution in [3.8, 4) is 5.75 Å². The molecule has 0 spiro atoms. The first-order chi connectivity index (χ1) is 14.1. The van der Waals surface area contributed by atoms with Gasteiger partial charge in [0.15, 0.2) is 0 Å². The summed E-state index contributed by atoms with van der Waals surface area (Å²) in [5, 5.41) is 3.57. The van der Waals surface area contributed by atoms with Crippen molar-refractivity contribution in [1.82, 2.24) is 4.90 Å². The molecule has 2 aliphatic rings. The Morgan fingerprint density at radius 3 is 2.90 bits per heavy atom. The molecule has 1 N–H and O–H groups in total. The second-order valence-corrected chi connectivity index (χ2v) is 7.67. The van der Waals surface area contributed by atoms with E-state index in [9.17, 15) is 4.79 Å². The van der Waals surface area contributed by atoms with Gasteiger partial charge >= 0.3 is 0 Å². The lowest BCUT2D eigenvalue weighted by atomic mass is 9.93. The highest BCUT2D eigenvalue weighted by atomic mass is 16.5. The molecular formula is C23H28N2O4. The van der Waals surface area contributed by atoms with E-state index >= 15 is 0 Å². The number of amides is 1. The average Bonchev–Trinajstić information content (AvgIpc) is 3.26. The topological polar surface area (TPSA) is 60.0 Å². The molecule has 6 heteroatoms. The number of ether oxygens (including phenoxy) is 3. The van der Waals surface area contributed by atoms with Crippen LogP contribution in [0.15, 0.2) is 48.5 Å². The fourth-order valence-electron chi connectivity index (χ4n) is 4.05. The Hall–Kier alpha value is -2.57. The van der Waals surface area contributed by atoms with Gasteiger partial charge in [-0.1, -0.05) is 24.3 Å². The molecule has 0 radical (unpaired) electrons. The van der Waals surface area contributed by atoms with Crippen molar-refractivity contribution in [2.75, 3.05) is 38.8 Å². The Labute approximate surface area is 171 Å². The highest BCUT2D eigenvalue weighted by Crippen LogP contribution is 2.38. The van der Waals surface area contributed by atoms with Gasteiger partial charge in [0.25, 0.3) is 5.91 Å². The van der Waals surface area contributed by atoms with Crippen LogP contribution in [0.4, 0.5) is 5.69 Å². The van der Waals surface area contributed by atoms with E-state index < -0.39 is 5.66 Å². The Kier molecular flexibility index (Phi) is 5.74. The van der Waals surface area contributed by atoms with E-state index in [-0.39, 0.29) is 12.0 Å². The van der Waals surface area contributed by atoms with Crippen molar-refractivity contribution in [2.24, 2.45) is 0 Å². The van der Waals surface area contributed by atoms with Crippen LogP contribution in [0.1, 0.15) is 35.7 Å². The van der Waals surface area contributed by atoms with Crippen molar-refractivity contribution in [2.45, 2.75) is 31.5 Å². The van der Waals surface area contributed by atoms with E-state index in [2.05, 4.69) is 5.32 Å². The maximum absolute atomic E-state index is 13.3. The molecule has 0 bridgehead atoms. The summed E-state index contributed by atoms with van der Waals surface area (Å²) >= 11 is 0. The van der Waals surface area contributed by atoms with Gasteiger partial charge in [-0.2, -0.15) is 0 Å². The van der Waals surface area contributed by atoms with E-state index in [1.54, 1.807) is 7.11 Å². The molecule has 1 saturated heterocycles. The maximum Gasteiger partial charge on any atom is 0.258 e. The molecule has 1 amide bonds. The molecule has 2 unspecified atom stereocenters. The third kappa shape index (κ3) is 3.95. The van der Waals surface area contributed by atoms with Gasteiger partial charge in [0.05, 0.1) is 18.3 Å². The lowest BCUT2D eigenvalue weighted by molar-refractivity contribution is 0.0436. The minimum Gasteiger partial charge on any atom is -0.491 e. The van der Waals surface area contributed by atoms with Crippen LogP contribution in [0.25, 0.3) is 0 Å². The smallest absolute Gasteiger partial charge is 0.258 e. The summed E-state index contributed by atoms with van der Waals surface area (Å²) in [6, 6.07) is 15.5. The van der Waals surface area contributed by atoms with E-state index in [0.29, 0.717) is 25.3 Å². The number of hydrogen-bond acceptors (Lipinski definition) is 5. The van der Waals surface area contributed by atoms with Gasteiger partial charge in [-0.15, -0.1) is 0 Å². The average molecular weight is 396 g/mol. The van der Waals surface area contributed by atoms with Gasteiger partial charge in [0.2, 0.25) is 0 Å². The number of nitrogens with one attached hydrogen (secondary N) is 1. The Morgan fingerprint density at radius 2 is 2.10 bits per heavy atom. The third-order valence-electron chi connectivity index (χ3n) is 5.70. The van der Waals surface area contributed by atoms with Gasteiger partial charge in [-0.3, -0.25) is 4.79 Å². The molecule has 2 heterocycles. The summed E-state index contributed by atoms with van der Waals surface area (Å²) in [5.41, 5.74) is 1.75. The van der Waals surface area contributed by atoms with Crippen LogP contribution < -0.4 is 10.1 Å². The summed E-state index contributed by atoms with van der Waals surface area (Å²) in [5.74, 6) is 0.767. The second-order valence-electron chi connectivity index (χ2n) is 7.67. The number of rotatable bonds is 7. The summed E-state index contributed by atoms with van der Waals surface area (Å²) in [7, 11) is 1.65. The van der Waals surface area contributed by atoms with Crippen LogP contribution in [0.5, 0.6) is 5.75 Å². The molecule has 2 atom stereocenters. The number of methoxy groups -OCH3 is 1. The van der Waals surface area contributed by atoms with Crippen molar-refractivity contribution in [1.29, 1.82) is 0 Å². The van der Waals surface area contributed by atoms with E-state index in [1.807, 2.05) is 60.4 Å². The fourth-order valence-corrected chi connectivity index (χ4v) is 4.05. The molecule has 2 aliphatic heterocycles. The minimum atomic E-state index is -0.715. The number of carbonyl (C=O) groups is 1. The maximum atomic E-state index is 13.3. The molecule has 29 heavy (non-hydrogen) atoms. The number of fused-ring (bicyclic) bond motifs is 1. The molecule has 0 aliphatic carbocycles. The number of benzene rings is 2. The Balaban J connectivity index is 1.63. The van der Waals surface area contributed by atoms with Gasteiger partial charge in [0.1, 0.15) is 18.0 Å². The van der Waals surface area contributed by atoms with Gasteiger partial charge in [0, 0.05) is 31.5 Å². The zero-order valence-electron chi connectivity index (χ0n) is 17.0. The number of hydrogen-bond donors (Lipinski definition) is 1. The first-order valence-electron chi connectivity index (χ1n) is 10.1. The van der Waals surface area contributed by atoms with Crippen LogP contribution in [0.3, 0.4) is 0 Å². The molecular weight excluding hydrogens is 368 g/mol.